The SMILES string of the molecule is COc1cc(NC(=O)N2Cc3c(sc4c3CCCC4)-n3cccc3[C@H]2c2cccc(OC)c2)cc(OC)c1. The third-order valence-electron chi connectivity index (χ3n) is 7.45. The first-order valence-electron chi connectivity index (χ1n) is 12.8. The molecule has 7 nitrogen and oxygen atoms in total. The number of carbonyl (C=O) groups excluding carboxylic acids is 1. The molecule has 196 valence electrons. The van der Waals surface area contributed by atoms with Gasteiger partial charge in [-0.3, -0.25) is 0 Å². The van der Waals surface area contributed by atoms with Crippen molar-refractivity contribution in [3.63, 3.8) is 0 Å². The Morgan fingerprint density at radius 2 is 1.66 bits per heavy atom. The van der Waals surface area contributed by atoms with Crippen LogP contribution >= 0.6 is 11.3 Å². The molecule has 4 aromatic rings. The lowest BCUT2D eigenvalue weighted by Crippen LogP contribution is -2.38. The van der Waals surface area contributed by atoms with E-state index in [1.165, 1.54) is 33.8 Å². The Morgan fingerprint density at radius 3 is 2.42 bits per heavy atom. The van der Waals surface area contributed by atoms with E-state index in [9.17, 15) is 4.79 Å². The number of aromatic nitrogens is 1. The summed E-state index contributed by atoms with van der Waals surface area (Å²) in [5.74, 6) is 1.99. The molecule has 0 fully saturated rings. The molecule has 6 rings (SSSR count). The summed E-state index contributed by atoms with van der Waals surface area (Å²) < 4.78 is 18.7. The minimum atomic E-state index is -0.313. The van der Waals surface area contributed by atoms with Crippen LogP contribution in [0.4, 0.5) is 10.5 Å². The predicted molar refractivity (Wildman–Crippen MR) is 149 cm³/mol. The van der Waals surface area contributed by atoms with Crippen molar-refractivity contribution >= 4 is 23.1 Å². The highest BCUT2D eigenvalue weighted by molar-refractivity contribution is 7.15. The van der Waals surface area contributed by atoms with Crippen molar-refractivity contribution < 1.29 is 19.0 Å². The molecule has 1 aliphatic heterocycles. The Balaban J connectivity index is 1.48. The number of thiophene rings is 1. The Hall–Kier alpha value is -3.91. The molecule has 0 spiro atoms. The summed E-state index contributed by atoms with van der Waals surface area (Å²) in [6.45, 7) is 0.512. The monoisotopic (exact) mass is 529 g/mol. The van der Waals surface area contributed by atoms with Crippen molar-refractivity contribution in [1.82, 2.24) is 9.47 Å². The summed E-state index contributed by atoms with van der Waals surface area (Å²) in [7, 11) is 4.87. The second-order valence-corrected chi connectivity index (χ2v) is 10.7. The Labute approximate surface area is 226 Å². The van der Waals surface area contributed by atoms with Crippen LogP contribution in [0.15, 0.2) is 60.8 Å². The van der Waals surface area contributed by atoms with Crippen LogP contribution in [0, 0.1) is 0 Å². The van der Waals surface area contributed by atoms with Crippen molar-refractivity contribution in [2.24, 2.45) is 0 Å². The maximum atomic E-state index is 14.2. The number of hydrogen-bond donors (Lipinski definition) is 1. The molecule has 0 radical (unpaired) electrons. The number of nitrogens with zero attached hydrogens (tertiary/aromatic N) is 2. The molecule has 38 heavy (non-hydrogen) atoms. The fraction of sp³-hybridized carbons (Fsp3) is 0.300. The average Bonchev–Trinajstić information content (AvgIpc) is 3.54. The summed E-state index contributed by atoms with van der Waals surface area (Å²) in [5, 5.41) is 4.36. The zero-order chi connectivity index (χ0) is 26.2. The van der Waals surface area contributed by atoms with E-state index in [0.717, 1.165) is 29.8 Å². The number of fused-ring (bicyclic) bond motifs is 5. The molecule has 1 aliphatic carbocycles. The molecule has 2 aromatic carbocycles. The summed E-state index contributed by atoms with van der Waals surface area (Å²) >= 11 is 1.88. The fourth-order valence-electron chi connectivity index (χ4n) is 5.62. The number of carbonyl (C=O) groups is 1. The van der Waals surface area contributed by atoms with Gasteiger partial charge < -0.3 is 29.0 Å². The lowest BCUT2D eigenvalue weighted by atomic mass is 9.95. The van der Waals surface area contributed by atoms with Crippen LogP contribution < -0.4 is 19.5 Å². The van der Waals surface area contributed by atoms with Gasteiger partial charge in [0.25, 0.3) is 0 Å². The molecule has 2 aliphatic rings. The topological polar surface area (TPSA) is 65.0 Å². The molecule has 0 bridgehead atoms. The van der Waals surface area contributed by atoms with E-state index in [1.807, 2.05) is 34.4 Å². The van der Waals surface area contributed by atoms with Gasteiger partial charge in [-0.25, -0.2) is 4.79 Å². The average molecular weight is 530 g/mol. The lowest BCUT2D eigenvalue weighted by Gasteiger charge is -2.31. The number of anilines is 1. The zero-order valence-corrected chi connectivity index (χ0v) is 22.6. The quantitative estimate of drug-likeness (QED) is 0.317. The maximum absolute atomic E-state index is 14.2. The van der Waals surface area contributed by atoms with Crippen molar-refractivity contribution in [3.8, 4) is 22.2 Å². The molecule has 8 heteroatoms. The highest BCUT2D eigenvalue weighted by Gasteiger charge is 2.36. The van der Waals surface area contributed by atoms with Crippen molar-refractivity contribution in [1.29, 1.82) is 0 Å². The van der Waals surface area contributed by atoms with Gasteiger partial charge in [-0.2, -0.15) is 0 Å². The molecule has 1 atom stereocenters. The minimum Gasteiger partial charge on any atom is -0.497 e. The molecular weight excluding hydrogens is 498 g/mol. The summed E-state index contributed by atoms with van der Waals surface area (Å²) in [6, 6.07) is 17.1. The first kappa shape index (κ1) is 24.4. The number of hydrogen-bond acceptors (Lipinski definition) is 5. The van der Waals surface area contributed by atoms with Gasteiger partial charge in [-0.05, 0) is 61.1 Å². The van der Waals surface area contributed by atoms with Gasteiger partial charge in [0.2, 0.25) is 0 Å². The van der Waals surface area contributed by atoms with Gasteiger partial charge in [-0.1, -0.05) is 12.1 Å². The molecule has 1 N–H and O–H groups in total. The number of benzene rings is 2. The van der Waals surface area contributed by atoms with Crippen LogP contribution in [0.25, 0.3) is 5.00 Å². The number of urea groups is 1. The predicted octanol–water partition coefficient (Wildman–Crippen LogP) is 6.58. The number of ether oxygens (including phenoxy) is 3. The highest BCUT2D eigenvalue weighted by atomic mass is 32.1. The molecule has 0 saturated carbocycles. The molecule has 2 aromatic heterocycles. The van der Waals surface area contributed by atoms with E-state index >= 15 is 0 Å². The molecule has 3 heterocycles. The van der Waals surface area contributed by atoms with Crippen molar-refractivity contribution in [2.45, 2.75) is 38.3 Å². The van der Waals surface area contributed by atoms with Crippen LogP contribution in [-0.4, -0.2) is 36.8 Å². The van der Waals surface area contributed by atoms with E-state index in [0.29, 0.717) is 23.7 Å². The maximum Gasteiger partial charge on any atom is 0.322 e. The molecule has 2 amide bonds. The molecule has 0 unspecified atom stereocenters. The van der Waals surface area contributed by atoms with E-state index in [2.05, 4.69) is 34.3 Å². The molecular formula is C30H31N3O4S. The smallest absolute Gasteiger partial charge is 0.322 e. The van der Waals surface area contributed by atoms with Crippen molar-refractivity contribution in [2.75, 3.05) is 26.6 Å². The first-order chi connectivity index (χ1) is 18.6. The Bertz CT molecular complexity index is 1470. The normalized spacial score (nSPS) is 16.1. The number of rotatable bonds is 5. The second-order valence-electron chi connectivity index (χ2n) is 9.64. The van der Waals surface area contributed by atoms with Crippen molar-refractivity contribution in [3.05, 3.63) is 88.1 Å². The van der Waals surface area contributed by atoms with E-state index in [4.69, 9.17) is 14.2 Å². The first-order valence-corrected chi connectivity index (χ1v) is 13.7. The molecule has 0 saturated heterocycles. The number of aryl methyl sites for hydroxylation is 1. The largest absolute Gasteiger partial charge is 0.497 e. The minimum absolute atomic E-state index is 0.190. The standard InChI is InChI=1S/C30H31N3O4S/c1-35-21-9-6-8-19(14-21)28-26-11-7-13-32(26)29-25(24-10-4-5-12-27(24)38-29)18-33(28)30(34)31-20-15-22(36-2)17-23(16-20)37-3/h6-9,11,13-17,28H,4-5,10,12,18H2,1-3H3,(H,31,34)/t28-/m1/s1. The fourth-order valence-corrected chi connectivity index (χ4v) is 7.03. The van der Waals surface area contributed by atoms with Crippen LogP contribution in [0.3, 0.4) is 0 Å². The summed E-state index contributed by atoms with van der Waals surface area (Å²) in [4.78, 5) is 17.6. The zero-order valence-electron chi connectivity index (χ0n) is 21.8. The van der Waals surface area contributed by atoms with Crippen LogP contribution in [-0.2, 0) is 19.4 Å². The van der Waals surface area contributed by atoms with Gasteiger partial charge in [0.05, 0.1) is 39.6 Å². The third-order valence-corrected chi connectivity index (χ3v) is 8.79. The van der Waals surface area contributed by atoms with Gasteiger partial charge in [0.15, 0.2) is 0 Å². The number of methoxy groups -OCH3 is 3. The second kappa shape index (κ2) is 10.1. The number of nitrogens with one attached hydrogen (secondary N) is 1. The van der Waals surface area contributed by atoms with E-state index in [-0.39, 0.29) is 12.1 Å². The van der Waals surface area contributed by atoms with Gasteiger partial charge in [-0.15, -0.1) is 11.3 Å². The van der Waals surface area contributed by atoms with E-state index in [1.54, 1.807) is 39.5 Å². The lowest BCUT2D eigenvalue weighted by molar-refractivity contribution is 0.194. The van der Waals surface area contributed by atoms with Gasteiger partial charge in [0.1, 0.15) is 22.2 Å². The highest BCUT2D eigenvalue weighted by Crippen LogP contribution is 2.44. The van der Waals surface area contributed by atoms with Crippen LogP contribution in [0.2, 0.25) is 0 Å². The van der Waals surface area contributed by atoms with Crippen LogP contribution in [0.5, 0.6) is 17.2 Å². The Kier molecular flexibility index (Phi) is 6.49. The number of amides is 2. The van der Waals surface area contributed by atoms with E-state index < -0.39 is 0 Å². The summed E-state index contributed by atoms with van der Waals surface area (Å²) in [5.41, 5.74) is 5.33. The van der Waals surface area contributed by atoms with Gasteiger partial charge in [0, 0.05) is 40.5 Å². The van der Waals surface area contributed by atoms with Crippen LogP contribution in [0.1, 0.15) is 46.1 Å². The van der Waals surface area contributed by atoms with Gasteiger partial charge >= 0.3 is 6.03 Å². The Morgan fingerprint density at radius 1 is 0.895 bits per heavy atom. The summed E-state index contributed by atoms with van der Waals surface area (Å²) in [6.07, 6.45) is 6.70. The third kappa shape index (κ3) is 4.28.